The van der Waals surface area contributed by atoms with Crippen LogP contribution in [0.3, 0.4) is 0 Å². The summed E-state index contributed by atoms with van der Waals surface area (Å²) in [5.41, 5.74) is -0.512. The second-order valence-corrected chi connectivity index (χ2v) is 4.45. The SMILES string of the molecule is CC[C@H](CCC(=O)Nc1cc([N+](=O)[O-])ccc1[O-])C(=O)[O-]. The molecule has 1 rings (SSSR count). The zero-order chi connectivity index (χ0) is 16.0. The Morgan fingerprint density at radius 1 is 1.38 bits per heavy atom. The molecular weight excluding hydrogens is 280 g/mol. The molecule has 8 heteroatoms. The van der Waals surface area contributed by atoms with Crippen LogP contribution in [-0.4, -0.2) is 16.8 Å². The Labute approximate surface area is 120 Å². The molecule has 1 atom stereocenters. The Morgan fingerprint density at radius 3 is 2.57 bits per heavy atom. The fourth-order valence-corrected chi connectivity index (χ4v) is 1.74. The summed E-state index contributed by atoms with van der Waals surface area (Å²) in [5.74, 6) is -3.11. The van der Waals surface area contributed by atoms with E-state index >= 15 is 0 Å². The molecule has 0 spiro atoms. The summed E-state index contributed by atoms with van der Waals surface area (Å²) < 4.78 is 0. The Hall–Kier alpha value is -2.64. The van der Waals surface area contributed by atoms with Crippen LogP contribution in [0.2, 0.25) is 0 Å². The molecular formula is C13H14N2O6-2. The van der Waals surface area contributed by atoms with E-state index in [2.05, 4.69) is 5.32 Å². The van der Waals surface area contributed by atoms with E-state index in [0.717, 1.165) is 18.2 Å². The Morgan fingerprint density at radius 2 is 2.05 bits per heavy atom. The third-order valence-electron chi connectivity index (χ3n) is 2.99. The maximum atomic E-state index is 11.7. The quantitative estimate of drug-likeness (QED) is 0.562. The number of carbonyl (C=O) groups is 2. The molecule has 0 fully saturated rings. The van der Waals surface area contributed by atoms with Gasteiger partial charge in [-0.1, -0.05) is 18.7 Å². The first-order chi connectivity index (χ1) is 9.85. The Bertz CT molecular complexity index is 558. The van der Waals surface area contributed by atoms with Gasteiger partial charge in [0.15, 0.2) is 0 Å². The van der Waals surface area contributed by atoms with Crippen molar-refractivity contribution in [2.24, 2.45) is 5.92 Å². The molecule has 0 radical (unpaired) electrons. The molecule has 0 unspecified atom stereocenters. The minimum atomic E-state index is -1.23. The van der Waals surface area contributed by atoms with Gasteiger partial charge in [0.05, 0.1) is 4.92 Å². The highest BCUT2D eigenvalue weighted by Crippen LogP contribution is 2.26. The number of nitrogens with one attached hydrogen (secondary N) is 1. The second-order valence-electron chi connectivity index (χ2n) is 4.45. The lowest BCUT2D eigenvalue weighted by molar-refractivity contribution is -0.385. The van der Waals surface area contributed by atoms with Crippen molar-refractivity contribution in [2.45, 2.75) is 26.2 Å². The van der Waals surface area contributed by atoms with Gasteiger partial charge in [-0.15, -0.1) is 0 Å². The fraction of sp³-hybridized carbons (Fsp3) is 0.385. The van der Waals surface area contributed by atoms with E-state index in [1.54, 1.807) is 6.92 Å². The van der Waals surface area contributed by atoms with Crippen LogP contribution in [0.5, 0.6) is 5.75 Å². The number of rotatable bonds is 7. The number of hydrogen-bond donors (Lipinski definition) is 1. The van der Waals surface area contributed by atoms with Crippen molar-refractivity contribution in [1.82, 2.24) is 0 Å². The maximum Gasteiger partial charge on any atom is 0.271 e. The van der Waals surface area contributed by atoms with Gasteiger partial charge in [0.1, 0.15) is 0 Å². The van der Waals surface area contributed by atoms with Crippen LogP contribution in [0.25, 0.3) is 0 Å². The summed E-state index contributed by atoms with van der Waals surface area (Å²) in [4.78, 5) is 32.3. The standard InChI is InChI=1S/C13H16N2O6/c1-2-8(13(18)19)3-6-12(17)14-10-7-9(15(20)21)4-5-11(10)16/h4-5,7-8,16H,2-3,6H2,1H3,(H,14,17)(H,18,19)/p-2/t8-/m1/s1. The normalized spacial score (nSPS) is 11.7. The van der Waals surface area contributed by atoms with Crippen molar-refractivity contribution < 1.29 is 24.7 Å². The van der Waals surface area contributed by atoms with Gasteiger partial charge >= 0.3 is 0 Å². The van der Waals surface area contributed by atoms with Gasteiger partial charge in [0.2, 0.25) is 5.91 Å². The van der Waals surface area contributed by atoms with Gasteiger partial charge in [-0.2, -0.15) is 0 Å². The minimum absolute atomic E-state index is 0.0772. The van der Waals surface area contributed by atoms with Crippen molar-refractivity contribution in [3.05, 3.63) is 28.3 Å². The van der Waals surface area contributed by atoms with Crippen LogP contribution < -0.4 is 15.5 Å². The van der Waals surface area contributed by atoms with E-state index in [4.69, 9.17) is 0 Å². The third kappa shape index (κ3) is 4.75. The number of anilines is 1. The Balaban J connectivity index is 2.68. The number of amides is 1. The van der Waals surface area contributed by atoms with Crippen LogP contribution >= 0.6 is 0 Å². The summed E-state index contributed by atoms with van der Waals surface area (Å²) in [5, 5.41) is 35.1. The molecule has 1 aromatic rings. The summed E-state index contributed by atoms with van der Waals surface area (Å²) in [6.45, 7) is 1.66. The number of nitro benzene ring substituents is 1. The summed E-state index contributed by atoms with van der Waals surface area (Å²) in [6, 6.07) is 3.00. The minimum Gasteiger partial charge on any atom is -0.871 e. The van der Waals surface area contributed by atoms with E-state index in [-0.39, 0.29) is 24.2 Å². The molecule has 0 saturated carbocycles. The predicted octanol–water partition coefficient (Wildman–Crippen LogP) is 0.163. The first-order valence-electron chi connectivity index (χ1n) is 6.31. The first-order valence-corrected chi connectivity index (χ1v) is 6.31. The number of nitro groups is 1. The van der Waals surface area contributed by atoms with Crippen LogP contribution in [0.15, 0.2) is 18.2 Å². The number of benzene rings is 1. The lowest BCUT2D eigenvalue weighted by Gasteiger charge is -2.17. The van der Waals surface area contributed by atoms with Gasteiger partial charge in [0.25, 0.3) is 5.69 Å². The monoisotopic (exact) mass is 294 g/mol. The van der Waals surface area contributed by atoms with Gasteiger partial charge in [-0.05, 0) is 18.8 Å². The summed E-state index contributed by atoms with van der Waals surface area (Å²) >= 11 is 0. The predicted molar refractivity (Wildman–Crippen MR) is 69.2 cm³/mol. The Kier molecular flexibility index (Phi) is 5.65. The smallest absolute Gasteiger partial charge is 0.271 e. The molecule has 1 amide bonds. The fourth-order valence-electron chi connectivity index (χ4n) is 1.74. The molecule has 0 bridgehead atoms. The van der Waals surface area contributed by atoms with Crippen LogP contribution in [0, 0.1) is 16.0 Å². The zero-order valence-corrected chi connectivity index (χ0v) is 11.3. The molecule has 0 aliphatic carbocycles. The highest BCUT2D eigenvalue weighted by Gasteiger charge is 2.12. The molecule has 8 nitrogen and oxygen atoms in total. The van der Waals surface area contributed by atoms with Crippen LogP contribution in [0.4, 0.5) is 11.4 Å². The van der Waals surface area contributed by atoms with E-state index < -0.39 is 28.5 Å². The highest BCUT2D eigenvalue weighted by molar-refractivity contribution is 5.92. The van der Waals surface area contributed by atoms with Crippen molar-refractivity contribution >= 4 is 23.3 Å². The molecule has 0 heterocycles. The van der Waals surface area contributed by atoms with Crippen molar-refractivity contribution in [3.63, 3.8) is 0 Å². The molecule has 114 valence electrons. The van der Waals surface area contributed by atoms with E-state index in [1.165, 1.54) is 0 Å². The van der Waals surface area contributed by atoms with Gasteiger partial charge in [0, 0.05) is 30.2 Å². The largest absolute Gasteiger partial charge is 0.871 e. The average Bonchev–Trinajstić information content (AvgIpc) is 2.41. The number of carboxylic acids is 1. The van der Waals surface area contributed by atoms with Gasteiger partial charge in [-0.3, -0.25) is 14.9 Å². The van der Waals surface area contributed by atoms with E-state index in [9.17, 15) is 29.9 Å². The van der Waals surface area contributed by atoms with Crippen LogP contribution in [0.1, 0.15) is 26.2 Å². The average molecular weight is 294 g/mol. The van der Waals surface area contributed by atoms with E-state index in [1.807, 2.05) is 0 Å². The zero-order valence-electron chi connectivity index (χ0n) is 11.3. The third-order valence-corrected chi connectivity index (χ3v) is 2.99. The molecule has 0 aliphatic rings. The second kappa shape index (κ2) is 7.22. The summed E-state index contributed by atoms with van der Waals surface area (Å²) in [6.07, 6.45) is 0.293. The molecule has 0 aliphatic heterocycles. The van der Waals surface area contributed by atoms with Crippen molar-refractivity contribution in [1.29, 1.82) is 0 Å². The van der Waals surface area contributed by atoms with Crippen LogP contribution in [-0.2, 0) is 9.59 Å². The molecule has 0 saturated heterocycles. The molecule has 21 heavy (non-hydrogen) atoms. The maximum absolute atomic E-state index is 11.7. The van der Waals surface area contributed by atoms with Crippen molar-refractivity contribution in [3.8, 4) is 5.75 Å². The first kappa shape index (κ1) is 16.4. The summed E-state index contributed by atoms with van der Waals surface area (Å²) in [7, 11) is 0. The molecule has 1 aromatic carbocycles. The number of carboxylic acid groups (broad SMARTS) is 1. The number of carbonyl (C=O) groups excluding carboxylic acids is 2. The number of non-ortho nitro benzene ring substituents is 1. The lowest BCUT2D eigenvalue weighted by atomic mass is 10.0. The highest BCUT2D eigenvalue weighted by atomic mass is 16.6. The molecule has 1 N–H and O–H groups in total. The van der Waals surface area contributed by atoms with Gasteiger partial charge in [-0.25, -0.2) is 0 Å². The van der Waals surface area contributed by atoms with Gasteiger partial charge < -0.3 is 20.3 Å². The number of nitrogens with zero attached hydrogens (tertiary/aromatic N) is 1. The topological polar surface area (TPSA) is 135 Å². The number of hydrogen-bond acceptors (Lipinski definition) is 6. The lowest BCUT2D eigenvalue weighted by Crippen LogP contribution is -2.31. The molecule has 0 aromatic heterocycles. The van der Waals surface area contributed by atoms with E-state index in [0.29, 0.717) is 6.42 Å². The van der Waals surface area contributed by atoms with Crippen molar-refractivity contribution in [2.75, 3.05) is 5.32 Å². The number of aliphatic carboxylic acids is 1.